The number of rotatable bonds is 2. The Morgan fingerprint density at radius 3 is 1.93 bits per heavy atom. The fourth-order valence-electron chi connectivity index (χ4n) is 0.889. The van der Waals surface area contributed by atoms with Gasteiger partial charge >= 0.3 is 0 Å². The summed E-state index contributed by atoms with van der Waals surface area (Å²) >= 11 is 16.0. The molecule has 0 saturated carbocycles. The van der Waals surface area contributed by atoms with E-state index >= 15 is 0 Å². The highest BCUT2D eigenvalue weighted by atomic mass is 35.6. The van der Waals surface area contributed by atoms with Crippen LogP contribution in [0.2, 0.25) is 0 Å². The van der Waals surface area contributed by atoms with Crippen molar-refractivity contribution in [2.45, 2.75) is 8.02 Å². The van der Waals surface area contributed by atoms with Crippen LogP contribution in [0.4, 0.5) is 0 Å². The summed E-state index contributed by atoms with van der Waals surface area (Å²) in [6.07, 6.45) is 0. The number of halogens is 3. The van der Waals surface area contributed by atoms with Crippen LogP contribution >= 0.6 is 34.8 Å². The minimum absolute atomic E-state index is 0.0664. The van der Waals surface area contributed by atoms with E-state index < -0.39 is 13.0 Å². The van der Waals surface area contributed by atoms with E-state index in [0.717, 1.165) is 0 Å². The molecule has 0 aliphatic heterocycles. The molecule has 0 saturated heterocycles. The second-order valence-electron chi connectivity index (χ2n) is 2.62. The average molecular weight is 290 g/mol. The second kappa shape index (κ2) is 4.37. The molecule has 1 aromatic carbocycles. The Morgan fingerprint density at radius 1 is 1.13 bits per heavy atom. The van der Waals surface area contributed by atoms with Crippen LogP contribution in [-0.4, -0.2) is 18.7 Å². The van der Waals surface area contributed by atoms with Gasteiger partial charge in [0, 0.05) is 0 Å². The summed E-state index contributed by atoms with van der Waals surface area (Å²) in [5, 5.41) is 0. The molecule has 3 nitrogen and oxygen atoms in total. The molecule has 15 heavy (non-hydrogen) atoms. The lowest BCUT2D eigenvalue weighted by molar-refractivity contribution is 0.414. The summed E-state index contributed by atoms with van der Waals surface area (Å²) < 4.78 is 25.7. The molecule has 0 heterocycles. The maximum Gasteiger partial charge on any atom is 0.296 e. The third-order valence-electron chi connectivity index (χ3n) is 1.67. The molecule has 0 aromatic heterocycles. The largest absolute Gasteiger partial charge is 0.497 e. The van der Waals surface area contributed by atoms with E-state index in [1.165, 1.54) is 31.4 Å². The Labute approximate surface area is 103 Å². The van der Waals surface area contributed by atoms with Gasteiger partial charge in [-0.2, -0.15) is 0 Å². The zero-order chi connectivity index (χ0) is 11.7. The van der Waals surface area contributed by atoms with Crippen LogP contribution in [-0.2, 0) is 9.84 Å². The van der Waals surface area contributed by atoms with Crippen molar-refractivity contribution in [3.8, 4) is 5.75 Å². The zero-order valence-electron chi connectivity index (χ0n) is 7.58. The van der Waals surface area contributed by atoms with Crippen LogP contribution in [0.5, 0.6) is 5.75 Å². The molecular formula is C8H7Cl3O3S. The third-order valence-corrected chi connectivity index (χ3v) is 5.00. The first-order valence-corrected chi connectivity index (χ1v) is 6.36. The molecule has 0 N–H and O–H groups in total. The first-order valence-electron chi connectivity index (χ1n) is 3.74. The molecule has 0 aliphatic rings. The van der Waals surface area contributed by atoms with Crippen LogP contribution < -0.4 is 4.74 Å². The van der Waals surface area contributed by atoms with Gasteiger partial charge in [-0.05, 0) is 24.3 Å². The first kappa shape index (κ1) is 12.9. The summed E-state index contributed by atoms with van der Waals surface area (Å²) in [4.78, 5) is -0.0664. The Kier molecular flexibility index (Phi) is 3.76. The van der Waals surface area contributed by atoms with E-state index in [1.54, 1.807) is 0 Å². The minimum atomic E-state index is -3.96. The maximum atomic E-state index is 11.6. The molecule has 84 valence electrons. The highest BCUT2D eigenvalue weighted by Crippen LogP contribution is 2.37. The molecule has 0 spiro atoms. The number of alkyl halides is 3. The number of methoxy groups -OCH3 is 1. The highest BCUT2D eigenvalue weighted by molar-refractivity contribution is 7.97. The SMILES string of the molecule is COc1ccc(S(=O)(=O)C(Cl)(Cl)Cl)cc1. The summed E-state index contributed by atoms with van der Waals surface area (Å²) in [6, 6.07) is 5.58. The Hall–Kier alpha value is -0.160. The normalized spacial score (nSPS) is 12.5. The van der Waals surface area contributed by atoms with Gasteiger partial charge in [0.05, 0.1) is 12.0 Å². The summed E-state index contributed by atoms with van der Waals surface area (Å²) in [5.41, 5.74) is 0. The van der Waals surface area contributed by atoms with Gasteiger partial charge in [0.25, 0.3) is 3.12 Å². The third kappa shape index (κ3) is 2.69. The molecule has 0 fully saturated rings. The zero-order valence-corrected chi connectivity index (χ0v) is 10.7. The second-order valence-corrected chi connectivity index (χ2v) is 7.67. The number of ether oxygens (including phenoxy) is 1. The predicted octanol–water partition coefficient (Wildman–Crippen LogP) is 2.80. The molecule has 1 aromatic rings. The molecule has 0 radical (unpaired) electrons. The number of benzene rings is 1. The van der Waals surface area contributed by atoms with Crippen molar-refractivity contribution in [2.75, 3.05) is 7.11 Å². The molecule has 0 unspecified atom stereocenters. The fraction of sp³-hybridized carbons (Fsp3) is 0.250. The Morgan fingerprint density at radius 2 is 1.60 bits per heavy atom. The van der Waals surface area contributed by atoms with E-state index in [2.05, 4.69) is 0 Å². The van der Waals surface area contributed by atoms with Crippen molar-refractivity contribution in [1.29, 1.82) is 0 Å². The molecule has 0 amide bonds. The summed E-state index contributed by atoms with van der Waals surface area (Å²) in [7, 11) is -2.49. The average Bonchev–Trinajstić information content (AvgIpc) is 2.16. The van der Waals surface area contributed by atoms with Crippen molar-refractivity contribution < 1.29 is 13.2 Å². The maximum absolute atomic E-state index is 11.6. The first-order chi connectivity index (χ1) is 6.79. The van der Waals surface area contributed by atoms with E-state index in [1.807, 2.05) is 0 Å². The monoisotopic (exact) mass is 288 g/mol. The fourth-order valence-corrected chi connectivity index (χ4v) is 2.45. The number of hydrogen-bond donors (Lipinski definition) is 0. The van der Waals surface area contributed by atoms with E-state index in [9.17, 15) is 8.42 Å². The molecule has 0 bridgehead atoms. The lowest BCUT2D eigenvalue weighted by Crippen LogP contribution is -2.19. The molecule has 1 rings (SSSR count). The van der Waals surface area contributed by atoms with Gasteiger partial charge in [0.2, 0.25) is 9.84 Å². The number of sulfone groups is 1. The van der Waals surface area contributed by atoms with Gasteiger partial charge in [-0.3, -0.25) is 0 Å². The van der Waals surface area contributed by atoms with Crippen molar-refractivity contribution in [3.05, 3.63) is 24.3 Å². The molecule has 7 heteroatoms. The van der Waals surface area contributed by atoms with E-state index in [-0.39, 0.29) is 4.90 Å². The lowest BCUT2D eigenvalue weighted by Gasteiger charge is -2.12. The minimum Gasteiger partial charge on any atom is -0.497 e. The van der Waals surface area contributed by atoms with Crippen molar-refractivity contribution in [1.82, 2.24) is 0 Å². The van der Waals surface area contributed by atoms with Crippen molar-refractivity contribution >= 4 is 44.6 Å². The quantitative estimate of drug-likeness (QED) is 0.786. The van der Waals surface area contributed by atoms with Gasteiger partial charge in [-0.1, -0.05) is 34.8 Å². The van der Waals surface area contributed by atoms with Crippen LogP contribution in [0.3, 0.4) is 0 Å². The van der Waals surface area contributed by atoms with Crippen LogP contribution in [0.25, 0.3) is 0 Å². The van der Waals surface area contributed by atoms with E-state index in [4.69, 9.17) is 39.5 Å². The smallest absolute Gasteiger partial charge is 0.296 e. The van der Waals surface area contributed by atoms with Gasteiger partial charge in [0.1, 0.15) is 5.75 Å². The highest BCUT2D eigenvalue weighted by Gasteiger charge is 2.39. The predicted molar refractivity (Wildman–Crippen MR) is 60.5 cm³/mol. The summed E-state index contributed by atoms with van der Waals surface area (Å²) in [5.74, 6) is 0.526. The topological polar surface area (TPSA) is 43.4 Å². The molecule has 0 aliphatic carbocycles. The molecule has 0 atom stereocenters. The Bertz CT molecular complexity index is 433. The summed E-state index contributed by atoms with van der Waals surface area (Å²) in [6.45, 7) is 0. The number of hydrogen-bond acceptors (Lipinski definition) is 3. The van der Waals surface area contributed by atoms with Gasteiger partial charge in [-0.15, -0.1) is 0 Å². The van der Waals surface area contributed by atoms with Gasteiger partial charge < -0.3 is 4.74 Å². The van der Waals surface area contributed by atoms with Crippen molar-refractivity contribution in [3.63, 3.8) is 0 Å². The standard InChI is InChI=1S/C8H7Cl3O3S/c1-14-6-2-4-7(5-3-6)15(12,13)8(9,10)11/h2-5H,1H3. The van der Waals surface area contributed by atoms with Gasteiger partial charge in [0.15, 0.2) is 0 Å². The van der Waals surface area contributed by atoms with Crippen LogP contribution in [0.15, 0.2) is 29.2 Å². The van der Waals surface area contributed by atoms with Crippen molar-refractivity contribution in [2.24, 2.45) is 0 Å². The molecular weight excluding hydrogens is 283 g/mol. The lowest BCUT2D eigenvalue weighted by atomic mass is 10.3. The van der Waals surface area contributed by atoms with E-state index in [0.29, 0.717) is 5.75 Å². The Balaban J connectivity index is 3.18. The van der Waals surface area contributed by atoms with Gasteiger partial charge in [-0.25, -0.2) is 8.42 Å². The van der Waals surface area contributed by atoms with Crippen LogP contribution in [0, 0.1) is 0 Å². The van der Waals surface area contributed by atoms with Crippen LogP contribution in [0.1, 0.15) is 0 Å².